The van der Waals surface area contributed by atoms with Gasteiger partial charge in [-0.3, -0.25) is 4.57 Å². The van der Waals surface area contributed by atoms with E-state index < -0.39 is 23.2 Å². The molecule has 0 bridgehead atoms. The van der Waals surface area contributed by atoms with Gasteiger partial charge in [-0.25, -0.2) is 14.0 Å². The number of benzene rings is 1. The maximum absolute atomic E-state index is 14.3. The number of esters is 1. The summed E-state index contributed by atoms with van der Waals surface area (Å²) < 4.78 is 20.7. The lowest BCUT2D eigenvalue weighted by atomic mass is 10.2. The average molecular weight is 349 g/mol. The molecule has 0 radical (unpaired) electrons. The van der Waals surface area contributed by atoms with E-state index in [0.29, 0.717) is 5.56 Å². The van der Waals surface area contributed by atoms with E-state index in [1.165, 1.54) is 28.6 Å². The zero-order valence-electron chi connectivity index (χ0n) is 12.7. The van der Waals surface area contributed by atoms with E-state index in [2.05, 4.69) is 4.98 Å². The first-order chi connectivity index (χ1) is 11.5. The van der Waals surface area contributed by atoms with Gasteiger partial charge in [0.15, 0.2) is 0 Å². The van der Waals surface area contributed by atoms with E-state index in [1.54, 1.807) is 30.3 Å². The molecule has 8 heteroatoms. The molecule has 3 rings (SSSR count). The van der Waals surface area contributed by atoms with Crippen LogP contribution in [0.2, 0.25) is 0 Å². The Morgan fingerprint density at radius 3 is 2.83 bits per heavy atom. The number of carbonyl (C=O) groups is 1. The largest absolute Gasteiger partial charge is 0.461 e. The van der Waals surface area contributed by atoms with Gasteiger partial charge in [0.25, 0.3) is 0 Å². The van der Waals surface area contributed by atoms with Crippen molar-refractivity contribution in [2.45, 2.75) is 23.2 Å². The summed E-state index contributed by atoms with van der Waals surface area (Å²) in [5.74, 6) is -0.343. The van der Waals surface area contributed by atoms with E-state index in [1.807, 2.05) is 0 Å². The third kappa shape index (κ3) is 3.59. The minimum atomic E-state index is -1.22. The summed E-state index contributed by atoms with van der Waals surface area (Å²) in [6, 6.07) is 10.1. The molecule has 0 unspecified atom stereocenters. The Morgan fingerprint density at radius 1 is 1.38 bits per heavy atom. The number of hydrogen-bond donors (Lipinski definition) is 1. The van der Waals surface area contributed by atoms with E-state index in [9.17, 15) is 14.0 Å². The number of carbonyl (C=O) groups excluding carboxylic acids is 1. The molecular weight excluding hydrogens is 333 g/mol. The van der Waals surface area contributed by atoms with Crippen LogP contribution in [0, 0.1) is 0 Å². The van der Waals surface area contributed by atoms with Crippen LogP contribution in [-0.4, -0.2) is 33.5 Å². The Morgan fingerprint density at radius 2 is 2.12 bits per heavy atom. The summed E-state index contributed by atoms with van der Waals surface area (Å²) >= 11 is 1.26. The second kappa shape index (κ2) is 7.04. The van der Waals surface area contributed by atoms with Gasteiger partial charge < -0.3 is 10.5 Å². The highest BCUT2D eigenvalue weighted by atomic mass is 32.2. The van der Waals surface area contributed by atoms with Crippen molar-refractivity contribution in [1.29, 1.82) is 0 Å². The van der Waals surface area contributed by atoms with Crippen molar-refractivity contribution in [2.24, 2.45) is 0 Å². The summed E-state index contributed by atoms with van der Waals surface area (Å²) in [7, 11) is 0. The first kappa shape index (κ1) is 16.5. The van der Waals surface area contributed by atoms with E-state index in [0.717, 1.165) is 0 Å². The lowest BCUT2D eigenvalue weighted by molar-refractivity contribution is 0.0500. The van der Waals surface area contributed by atoms with Gasteiger partial charge in [0, 0.05) is 11.4 Å². The topological polar surface area (TPSA) is 87.2 Å². The molecule has 126 valence electrons. The first-order valence-electron chi connectivity index (χ1n) is 7.41. The normalized spacial score (nSPS) is 23.1. The third-order valence-electron chi connectivity index (χ3n) is 3.66. The summed E-state index contributed by atoms with van der Waals surface area (Å²) in [4.78, 5) is 27.4. The number of halogens is 1. The van der Waals surface area contributed by atoms with Gasteiger partial charge in [0.1, 0.15) is 24.0 Å². The molecule has 0 spiro atoms. The van der Waals surface area contributed by atoms with Crippen molar-refractivity contribution in [3.05, 3.63) is 58.6 Å². The van der Waals surface area contributed by atoms with Crippen LogP contribution in [-0.2, 0) is 4.74 Å². The second-order valence-electron chi connectivity index (χ2n) is 5.41. The van der Waals surface area contributed by atoms with Crippen molar-refractivity contribution < 1.29 is 13.9 Å². The highest BCUT2D eigenvalue weighted by molar-refractivity contribution is 8.00. The van der Waals surface area contributed by atoms with E-state index in [-0.39, 0.29) is 24.1 Å². The molecule has 2 aromatic rings. The summed E-state index contributed by atoms with van der Waals surface area (Å²) in [5, 5.41) is -0.909. The molecule has 1 aromatic heterocycles. The molecule has 1 aliphatic rings. The highest BCUT2D eigenvalue weighted by Crippen LogP contribution is 2.42. The molecule has 2 heterocycles. The van der Waals surface area contributed by atoms with Crippen molar-refractivity contribution in [3.8, 4) is 0 Å². The number of alkyl halides is 1. The monoisotopic (exact) mass is 349 g/mol. The molecule has 1 saturated heterocycles. The Balaban J connectivity index is 1.62. The maximum atomic E-state index is 14.3. The van der Waals surface area contributed by atoms with Crippen LogP contribution < -0.4 is 11.4 Å². The standard InChI is InChI=1S/C16H16FN3O3S/c17-12-8-11(9-23-15(21)10-4-2-1-3-5-10)24-14(12)20-7-6-13(18)19-16(20)22/h1-7,11-12,14H,8-9H2,(H2,18,19,22)/t11-,12-,14+/m0/s1. The first-order valence-corrected chi connectivity index (χ1v) is 8.35. The van der Waals surface area contributed by atoms with Gasteiger partial charge in [0.2, 0.25) is 0 Å². The molecule has 0 aliphatic carbocycles. The van der Waals surface area contributed by atoms with Gasteiger partial charge >= 0.3 is 11.7 Å². The second-order valence-corrected chi connectivity index (χ2v) is 6.83. The number of rotatable bonds is 4. The lowest BCUT2D eigenvalue weighted by Crippen LogP contribution is -2.28. The zero-order valence-corrected chi connectivity index (χ0v) is 13.5. The number of nitrogen functional groups attached to an aromatic ring is 1. The predicted molar refractivity (Wildman–Crippen MR) is 89.6 cm³/mol. The minimum Gasteiger partial charge on any atom is -0.461 e. The molecule has 0 saturated carbocycles. The number of nitrogens with zero attached hydrogens (tertiary/aromatic N) is 2. The Labute approximate surface area is 141 Å². The maximum Gasteiger partial charge on any atom is 0.350 e. The van der Waals surface area contributed by atoms with Gasteiger partial charge in [-0.1, -0.05) is 18.2 Å². The predicted octanol–water partition coefficient (Wildman–Crippen LogP) is 2.02. The molecule has 3 atom stereocenters. The van der Waals surface area contributed by atoms with Crippen molar-refractivity contribution in [1.82, 2.24) is 9.55 Å². The van der Waals surface area contributed by atoms with Crippen LogP contribution in [0.25, 0.3) is 0 Å². The fourth-order valence-electron chi connectivity index (χ4n) is 2.50. The fourth-order valence-corrected chi connectivity index (χ4v) is 3.91. The van der Waals surface area contributed by atoms with Crippen LogP contribution in [0.3, 0.4) is 0 Å². The van der Waals surface area contributed by atoms with Crippen LogP contribution >= 0.6 is 11.8 Å². The van der Waals surface area contributed by atoms with Crippen LogP contribution in [0.5, 0.6) is 0 Å². The number of anilines is 1. The average Bonchev–Trinajstić information content (AvgIpc) is 2.94. The molecule has 6 nitrogen and oxygen atoms in total. The van der Waals surface area contributed by atoms with Crippen LogP contribution in [0.4, 0.5) is 10.2 Å². The van der Waals surface area contributed by atoms with E-state index >= 15 is 0 Å². The smallest absolute Gasteiger partial charge is 0.350 e. The quantitative estimate of drug-likeness (QED) is 0.850. The van der Waals surface area contributed by atoms with E-state index in [4.69, 9.17) is 10.5 Å². The number of aromatic nitrogens is 2. The summed E-state index contributed by atoms with van der Waals surface area (Å²) in [5.41, 5.74) is 5.31. The molecule has 1 aliphatic heterocycles. The molecule has 0 amide bonds. The minimum absolute atomic E-state index is 0.0897. The van der Waals surface area contributed by atoms with Gasteiger partial charge in [0.05, 0.1) is 5.56 Å². The zero-order chi connectivity index (χ0) is 17.1. The Bertz CT molecular complexity index is 784. The fraction of sp³-hybridized carbons (Fsp3) is 0.312. The molecule has 24 heavy (non-hydrogen) atoms. The van der Waals surface area contributed by atoms with Crippen molar-refractivity contribution in [3.63, 3.8) is 0 Å². The number of nitrogens with two attached hydrogens (primary N) is 1. The number of ether oxygens (including phenoxy) is 1. The number of hydrogen-bond acceptors (Lipinski definition) is 6. The molecule has 1 aromatic carbocycles. The Kier molecular flexibility index (Phi) is 4.84. The number of thioether (sulfide) groups is 1. The third-order valence-corrected chi connectivity index (χ3v) is 5.18. The van der Waals surface area contributed by atoms with Crippen LogP contribution in [0.15, 0.2) is 47.4 Å². The summed E-state index contributed by atoms with van der Waals surface area (Å²) in [6.07, 6.45) is 0.417. The summed E-state index contributed by atoms with van der Waals surface area (Å²) in [6.45, 7) is 0.0897. The van der Waals surface area contributed by atoms with Crippen molar-refractivity contribution >= 4 is 23.5 Å². The van der Waals surface area contributed by atoms with Crippen LogP contribution in [0.1, 0.15) is 22.2 Å². The van der Waals surface area contributed by atoms with Crippen molar-refractivity contribution in [2.75, 3.05) is 12.3 Å². The van der Waals surface area contributed by atoms with Gasteiger partial charge in [-0.05, 0) is 24.6 Å². The highest BCUT2D eigenvalue weighted by Gasteiger charge is 2.37. The lowest BCUT2D eigenvalue weighted by Gasteiger charge is -2.15. The van der Waals surface area contributed by atoms with Gasteiger partial charge in [-0.2, -0.15) is 4.98 Å². The van der Waals surface area contributed by atoms with Gasteiger partial charge in [-0.15, -0.1) is 11.8 Å². The molecular formula is C16H16FN3O3S. The molecule has 1 fully saturated rings. The Hall–Kier alpha value is -2.35. The molecule has 2 N–H and O–H groups in total. The SMILES string of the molecule is Nc1ccn([C@@H]2S[C@H](COC(=O)c3ccccc3)C[C@@H]2F)c(=O)n1.